The zero-order valence-electron chi connectivity index (χ0n) is 11.5. The van der Waals surface area contributed by atoms with Crippen LogP contribution in [0.5, 0.6) is 0 Å². The van der Waals surface area contributed by atoms with Gasteiger partial charge in [0.15, 0.2) is 7.15 Å². The fourth-order valence-corrected chi connectivity index (χ4v) is 3.49. The molecular weight excluding hydrogens is 388 g/mol. The second-order valence-corrected chi connectivity index (χ2v) is 9.10. The average molecular weight is 403 g/mol. The van der Waals surface area contributed by atoms with Crippen LogP contribution in [-0.4, -0.2) is 43.0 Å². The molecule has 0 radical (unpaired) electrons. The highest BCUT2D eigenvalue weighted by molar-refractivity contribution is 8.06. The van der Waals surface area contributed by atoms with E-state index in [-0.39, 0.29) is 18.8 Å². The third-order valence-electron chi connectivity index (χ3n) is 3.00. The molecule has 1 fully saturated rings. The Morgan fingerprint density at radius 1 is 1.61 bits per heavy atom. The molecule has 2 rings (SSSR count). The van der Waals surface area contributed by atoms with Gasteiger partial charge in [-0.1, -0.05) is 0 Å². The van der Waals surface area contributed by atoms with Crippen LogP contribution >= 0.6 is 13.9 Å². The van der Waals surface area contributed by atoms with Crippen molar-refractivity contribution in [2.75, 3.05) is 12.3 Å². The molecule has 10 nitrogen and oxygen atoms in total. The Kier molecular flexibility index (Phi) is 6.42. The van der Waals surface area contributed by atoms with Crippen LogP contribution in [0.15, 0.2) is 17.1 Å². The fraction of sp³-hybridized carbons (Fsp3) is 0.556. The highest BCUT2D eigenvalue weighted by atomic mass is 32.5. The van der Waals surface area contributed by atoms with Gasteiger partial charge in [-0.15, -0.1) is 0 Å². The minimum Gasteiger partial charge on any atom is -0.383 e. The third kappa shape index (κ3) is 5.64. The molecule has 2 heterocycles. The van der Waals surface area contributed by atoms with Crippen molar-refractivity contribution in [3.63, 3.8) is 0 Å². The normalized spacial score (nSPS) is 26.3. The molecule has 0 aliphatic carbocycles. The molecule has 1 aromatic rings. The van der Waals surface area contributed by atoms with Crippen molar-refractivity contribution in [2.45, 2.75) is 24.9 Å². The number of rotatable bonds is 6. The average Bonchev–Trinajstić information content (AvgIpc) is 2.77. The van der Waals surface area contributed by atoms with Gasteiger partial charge in [-0.3, -0.25) is 4.57 Å². The molecule has 0 spiro atoms. The Bertz CT molecular complexity index is 696. The molecule has 130 valence electrons. The van der Waals surface area contributed by atoms with Crippen molar-refractivity contribution in [3.05, 3.63) is 22.7 Å². The minimum absolute atomic E-state index is 0.0737. The first-order valence-electron chi connectivity index (χ1n) is 6.25. The van der Waals surface area contributed by atoms with Crippen LogP contribution in [-0.2, 0) is 37.4 Å². The van der Waals surface area contributed by atoms with Crippen LogP contribution in [0.4, 0.5) is 5.82 Å². The summed E-state index contributed by atoms with van der Waals surface area (Å²) in [5, 5.41) is 0. The van der Waals surface area contributed by atoms with Gasteiger partial charge in [-0.2, -0.15) is 4.98 Å². The Labute approximate surface area is 141 Å². The van der Waals surface area contributed by atoms with Crippen molar-refractivity contribution in [1.29, 1.82) is 0 Å². The number of nitrogen functional groups attached to an aromatic ring is 1. The van der Waals surface area contributed by atoms with Crippen molar-refractivity contribution < 1.29 is 28.5 Å². The maximum atomic E-state index is 11.8. The van der Waals surface area contributed by atoms with Crippen LogP contribution in [0.1, 0.15) is 12.6 Å². The van der Waals surface area contributed by atoms with Gasteiger partial charge < -0.3 is 34.2 Å². The molecule has 0 saturated carbocycles. The van der Waals surface area contributed by atoms with Gasteiger partial charge >= 0.3 is 12.4 Å². The van der Waals surface area contributed by atoms with E-state index in [0.29, 0.717) is 0 Å². The zero-order valence-corrected chi connectivity index (χ0v) is 15.0. The summed E-state index contributed by atoms with van der Waals surface area (Å²) < 4.78 is 16.8. The van der Waals surface area contributed by atoms with E-state index in [1.807, 2.05) is 0 Å². The van der Waals surface area contributed by atoms with Crippen molar-refractivity contribution in [1.82, 2.24) is 9.55 Å². The van der Waals surface area contributed by atoms with E-state index < -0.39 is 38.0 Å². The summed E-state index contributed by atoms with van der Waals surface area (Å²) in [5.41, 5.74) is 4.81. The summed E-state index contributed by atoms with van der Waals surface area (Å²) >= 11 is 9.02. The van der Waals surface area contributed by atoms with E-state index in [1.54, 1.807) is 0 Å². The molecular formula is C9H15N3O7P2S2. The number of hydrogen-bond donors (Lipinski definition) is 4. The lowest BCUT2D eigenvalue weighted by atomic mass is 10.2. The van der Waals surface area contributed by atoms with Crippen LogP contribution in [0.3, 0.4) is 0 Å². The number of nitrogens with zero attached hydrogens (tertiary/aromatic N) is 2. The first kappa shape index (κ1) is 19.1. The maximum Gasteiger partial charge on any atom is 0.351 e. The van der Waals surface area contributed by atoms with Gasteiger partial charge in [-0.05, 0) is 29.7 Å². The van der Waals surface area contributed by atoms with E-state index in [1.165, 1.54) is 16.8 Å². The molecule has 0 bridgehead atoms. The van der Waals surface area contributed by atoms with Crippen molar-refractivity contribution in [3.8, 4) is 0 Å². The first-order chi connectivity index (χ1) is 10.7. The maximum absolute atomic E-state index is 11.8. The lowest BCUT2D eigenvalue weighted by Crippen LogP contribution is -2.28. The molecule has 5 N–H and O–H groups in total. The first-order valence-corrected chi connectivity index (χ1v) is 11.4. The number of aromatic nitrogens is 2. The molecule has 1 aliphatic heterocycles. The Hall–Kier alpha value is -0.260. The predicted octanol–water partition coefficient (Wildman–Crippen LogP) is -0.778. The largest absolute Gasteiger partial charge is 0.383 e. The summed E-state index contributed by atoms with van der Waals surface area (Å²) in [4.78, 5) is 43.0. The molecule has 0 aromatic carbocycles. The Morgan fingerprint density at radius 3 is 2.87 bits per heavy atom. The van der Waals surface area contributed by atoms with Crippen LogP contribution < -0.4 is 11.4 Å². The number of anilines is 1. The van der Waals surface area contributed by atoms with Crippen LogP contribution in [0.25, 0.3) is 0 Å². The van der Waals surface area contributed by atoms with Crippen molar-refractivity contribution in [2.24, 2.45) is 0 Å². The van der Waals surface area contributed by atoms with Gasteiger partial charge in [-0.25, -0.2) is 4.79 Å². The molecule has 1 aromatic heterocycles. The van der Waals surface area contributed by atoms with Gasteiger partial charge in [0.2, 0.25) is 0 Å². The lowest BCUT2D eigenvalue weighted by Gasteiger charge is -2.19. The highest BCUT2D eigenvalue weighted by Gasteiger charge is 2.39. The van der Waals surface area contributed by atoms with Gasteiger partial charge in [0, 0.05) is 12.6 Å². The van der Waals surface area contributed by atoms with Gasteiger partial charge in [0.25, 0.3) is 0 Å². The second-order valence-electron chi connectivity index (χ2n) is 4.62. The van der Waals surface area contributed by atoms with Crippen molar-refractivity contribution >= 4 is 43.3 Å². The smallest absolute Gasteiger partial charge is 0.351 e. The number of ether oxygens (including phenoxy) is 1. The summed E-state index contributed by atoms with van der Waals surface area (Å²) in [6, 6.07) is 1.43. The van der Waals surface area contributed by atoms with E-state index in [9.17, 15) is 9.69 Å². The summed E-state index contributed by atoms with van der Waals surface area (Å²) in [6.45, 7) is -4.15. The standard InChI is InChI=1S/C9H15N3O7P2S2/c10-7-1-2-12(9(13)11-7)8-3-5(19-20(14)22)6(18-8)4-17-21(15,16)23/h1-2,5-6,8,20H,3-4H2,(H,14,22)(H2,10,11,13)(H2,15,16,23)/t5?,6-,8-/m1/s1. The molecule has 2 unspecified atom stereocenters. The quantitative estimate of drug-likeness (QED) is 0.443. The highest BCUT2D eigenvalue weighted by Crippen LogP contribution is 2.40. The van der Waals surface area contributed by atoms with Gasteiger partial charge in [0.1, 0.15) is 18.1 Å². The fourth-order valence-electron chi connectivity index (χ4n) is 2.09. The minimum atomic E-state index is -3.87. The molecule has 23 heavy (non-hydrogen) atoms. The molecule has 1 aliphatic rings. The topological polar surface area (TPSA) is 149 Å². The second kappa shape index (κ2) is 7.75. The number of nitrogens with two attached hydrogens (primary N) is 1. The van der Waals surface area contributed by atoms with E-state index in [0.717, 1.165) is 0 Å². The SMILES string of the molecule is Nc1ccn([C@H]2CC(O[PH](O)=S)[C@@H](COP(O)(O)=S)O2)c(=O)n1. The van der Waals surface area contributed by atoms with E-state index in [4.69, 9.17) is 29.3 Å². The van der Waals surface area contributed by atoms with Crippen LogP contribution in [0, 0.1) is 0 Å². The summed E-state index contributed by atoms with van der Waals surface area (Å²) in [7, 11) is -2.44. The predicted molar refractivity (Wildman–Crippen MR) is 88.9 cm³/mol. The molecule has 1 saturated heterocycles. The monoisotopic (exact) mass is 403 g/mol. The lowest BCUT2D eigenvalue weighted by molar-refractivity contribution is -0.0382. The summed E-state index contributed by atoms with van der Waals surface area (Å²) in [6.07, 6.45) is -0.634. The van der Waals surface area contributed by atoms with E-state index >= 15 is 0 Å². The molecule has 14 heteroatoms. The number of hydrogen-bond acceptors (Lipinski definition) is 8. The summed E-state index contributed by atoms with van der Waals surface area (Å²) in [5.74, 6) is 0.0737. The molecule has 0 amide bonds. The van der Waals surface area contributed by atoms with E-state index in [2.05, 4.69) is 28.6 Å². The molecule has 4 atom stereocenters. The Morgan fingerprint density at radius 2 is 2.30 bits per heavy atom. The third-order valence-corrected chi connectivity index (χ3v) is 4.60. The zero-order chi connectivity index (χ0) is 17.2. The Balaban J connectivity index is 2.16. The van der Waals surface area contributed by atoms with Gasteiger partial charge in [0.05, 0.1) is 12.7 Å². The van der Waals surface area contributed by atoms with Crippen LogP contribution in [0.2, 0.25) is 0 Å².